The van der Waals surface area contributed by atoms with Gasteiger partial charge in [0.15, 0.2) is 0 Å². The fraction of sp³-hybridized carbons (Fsp3) is 0.409. The molecule has 2 atom stereocenters. The Morgan fingerprint density at radius 3 is 2.33 bits per heavy atom. The van der Waals surface area contributed by atoms with Crippen molar-refractivity contribution in [2.45, 2.75) is 72.3 Å². The summed E-state index contributed by atoms with van der Waals surface area (Å²) in [6.45, 7) is 13.0. The van der Waals surface area contributed by atoms with Crippen LogP contribution in [0.3, 0.4) is 0 Å². The molecule has 0 unspecified atom stereocenters. The van der Waals surface area contributed by atoms with Gasteiger partial charge in [0.25, 0.3) is 5.91 Å². The molecule has 1 saturated heterocycles. The summed E-state index contributed by atoms with van der Waals surface area (Å²) in [6.07, 6.45) is -4.89. The molecule has 0 radical (unpaired) electrons. The van der Waals surface area contributed by atoms with Crippen molar-refractivity contribution >= 4 is 23.6 Å². The molecule has 60 heavy (non-hydrogen) atoms. The Hall–Kier alpha value is -5.90. The van der Waals surface area contributed by atoms with Crippen LogP contribution in [-0.2, 0) is 24.0 Å². The molecule has 5 rings (SSSR count). The summed E-state index contributed by atoms with van der Waals surface area (Å²) in [5.41, 5.74) is -1.23. The van der Waals surface area contributed by atoms with Gasteiger partial charge < -0.3 is 30.0 Å². The van der Waals surface area contributed by atoms with Gasteiger partial charge >= 0.3 is 12.3 Å². The second-order valence-corrected chi connectivity index (χ2v) is 15.9. The largest absolute Gasteiger partial charge is 0.497 e. The highest BCUT2D eigenvalue weighted by atomic mass is 19.4. The number of anilines is 1. The number of carbonyl (C=O) groups excluding carboxylic acids is 2. The quantitative estimate of drug-likeness (QED) is 0.107. The van der Waals surface area contributed by atoms with Crippen LogP contribution in [0, 0.1) is 11.2 Å². The summed E-state index contributed by atoms with van der Waals surface area (Å²) in [7, 11) is 1.58. The Bertz CT molecular complexity index is 2180. The van der Waals surface area contributed by atoms with Gasteiger partial charge in [-0.05, 0) is 79.3 Å². The molecule has 1 aliphatic heterocycles. The number of hydrogen-bond donors (Lipinski definition) is 3. The molecule has 0 spiro atoms. The monoisotopic (exact) mass is 837 g/mol. The van der Waals surface area contributed by atoms with E-state index in [0.717, 1.165) is 11.6 Å². The zero-order valence-corrected chi connectivity index (χ0v) is 34.7. The number of carboxylic acid groups (broad SMARTS) is 1. The van der Waals surface area contributed by atoms with Gasteiger partial charge in [-0.2, -0.15) is 13.2 Å². The number of nitrogens with one attached hydrogen (secondary N) is 2. The molecule has 2 heterocycles. The van der Waals surface area contributed by atoms with E-state index in [-0.39, 0.29) is 41.9 Å². The topological polar surface area (TPSA) is 143 Å². The van der Waals surface area contributed by atoms with Gasteiger partial charge in [0, 0.05) is 61.3 Å². The second-order valence-electron chi connectivity index (χ2n) is 15.9. The van der Waals surface area contributed by atoms with Crippen molar-refractivity contribution in [2.75, 3.05) is 45.2 Å². The molecule has 1 aliphatic rings. The molecule has 322 valence electrons. The predicted molar refractivity (Wildman–Crippen MR) is 218 cm³/mol. The minimum absolute atomic E-state index is 0.0207. The van der Waals surface area contributed by atoms with Crippen LogP contribution in [0.15, 0.2) is 72.9 Å². The number of pyridine rings is 1. The third-order valence-electron chi connectivity index (χ3n) is 10.8. The van der Waals surface area contributed by atoms with Crippen molar-refractivity contribution < 1.29 is 51.3 Å². The van der Waals surface area contributed by atoms with Crippen LogP contribution in [-0.4, -0.2) is 89.3 Å². The Labute approximate surface area is 346 Å². The number of halogens is 4. The Morgan fingerprint density at radius 1 is 1.00 bits per heavy atom. The third-order valence-corrected chi connectivity index (χ3v) is 10.8. The number of piperazine rings is 1. The molecule has 3 aromatic carbocycles. The molecule has 0 saturated carbocycles. The Balaban J connectivity index is 1.24. The number of alkyl halides is 3. The lowest BCUT2D eigenvalue weighted by Crippen LogP contribution is -2.70. The smallest absolute Gasteiger partial charge is 0.416 e. The maximum absolute atomic E-state index is 15.5. The minimum Gasteiger partial charge on any atom is -0.497 e. The van der Waals surface area contributed by atoms with E-state index in [1.807, 2.05) is 63.8 Å². The van der Waals surface area contributed by atoms with E-state index in [1.165, 1.54) is 23.2 Å². The molecular weight excluding hydrogens is 787 g/mol. The maximum atomic E-state index is 15.5. The van der Waals surface area contributed by atoms with Crippen LogP contribution in [0.5, 0.6) is 17.4 Å². The van der Waals surface area contributed by atoms with E-state index >= 15 is 4.39 Å². The number of nitrogens with zero attached hydrogens (tertiary/aromatic N) is 3. The first-order valence-electron chi connectivity index (χ1n) is 19.4. The Kier molecular flexibility index (Phi) is 14.0. The maximum Gasteiger partial charge on any atom is 0.416 e. The van der Waals surface area contributed by atoms with Crippen molar-refractivity contribution in [1.82, 2.24) is 20.1 Å². The highest BCUT2D eigenvalue weighted by Gasteiger charge is 2.51. The number of rotatable bonds is 14. The van der Waals surface area contributed by atoms with Crippen LogP contribution >= 0.6 is 0 Å². The third kappa shape index (κ3) is 10.8. The molecular formula is C44H51F4N5O7. The SMILES string of the molecule is CCOc1cc(OCc2ccc(OC)cc2)ncc1-c1ccc(CC(=O)Nc2cc(C(=O)NCCN3C[C@@H](C)N(C(=O)O)[C@@](C)(C(C)(C)C)C3)cc(C(F)(F)F)c2)c(F)c1. The molecule has 0 aliphatic carbocycles. The number of aromatic nitrogens is 1. The number of methoxy groups -OCH3 is 1. The van der Waals surface area contributed by atoms with Crippen molar-refractivity contribution in [1.29, 1.82) is 0 Å². The number of hydrogen-bond acceptors (Lipinski definition) is 8. The van der Waals surface area contributed by atoms with Crippen molar-refractivity contribution in [3.63, 3.8) is 0 Å². The molecule has 16 heteroatoms. The lowest BCUT2D eigenvalue weighted by Gasteiger charge is -2.57. The van der Waals surface area contributed by atoms with Gasteiger partial charge in [-0.25, -0.2) is 14.2 Å². The minimum atomic E-state index is -4.84. The standard InChI is InChI=1S/C44H51F4N5O7/c1-8-59-37-22-39(60-25-28-9-13-34(58-7)14-10-28)50-23-35(37)29-11-12-30(36(45)19-29)20-38(54)51-33-18-31(17-32(21-33)44(46,47)48)40(55)49-15-16-52-24-27(2)53(41(56)57)43(6,26-52)42(3,4)5/h9-14,17-19,21-23,27H,8,15-16,20,24-26H2,1-7H3,(H,49,55)(H,51,54)(H,56,57)/t27-,43-/m1/s1. The van der Waals surface area contributed by atoms with E-state index in [4.69, 9.17) is 14.2 Å². The molecule has 1 aromatic heterocycles. The summed E-state index contributed by atoms with van der Waals surface area (Å²) in [6, 6.07) is 15.3. The summed E-state index contributed by atoms with van der Waals surface area (Å²) in [4.78, 5) is 46.3. The van der Waals surface area contributed by atoms with E-state index in [9.17, 15) is 32.7 Å². The number of benzene rings is 3. The first-order valence-corrected chi connectivity index (χ1v) is 19.4. The van der Waals surface area contributed by atoms with Gasteiger partial charge in [0.1, 0.15) is 23.9 Å². The number of amides is 3. The summed E-state index contributed by atoms with van der Waals surface area (Å²) in [5.74, 6) is -0.956. The van der Waals surface area contributed by atoms with Gasteiger partial charge in [0.2, 0.25) is 11.8 Å². The lowest BCUT2D eigenvalue weighted by molar-refractivity contribution is -0.137. The average Bonchev–Trinajstić information content (AvgIpc) is 3.17. The van der Waals surface area contributed by atoms with Crippen LogP contribution < -0.4 is 24.8 Å². The number of ether oxygens (including phenoxy) is 3. The summed E-state index contributed by atoms with van der Waals surface area (Å²) in [5, 5.41) is 15.0. The molecule has 1 fully saturated rings. The number of carbonyl (C=O) groups is 3. The van der Waals surface area contributed by atoms with E-state index in [2.05, 4.69) is 15.6 Å². The van der Waals surface area contributed by atoms with Gasteiger partial charge in [0.05, 0.1) is 31.2 Å². The molecule has 0 bridgehead atoms. The van der Waals surface area contributed by atoms with Crippen LogP contribution in [0.1, 0.15) is 68.6 Å². The normalized spacial score (nSPS) is 17.2. The average molecular weight is 838 g/mol. The molecule has 3 amide bonds. The predicted octanol–water partition coefficient (Wildman–Crippen LogP) is 8.29. The summed E-state index contributed by atoms with van der Waals surface area (Å²) < 4.78 is 74.3. The lowest BCUT2D eigenvalue weighted by atomic mass is 9.71. The molecule has 12 nitrogen and oxygen atoms in total. The van der Waals surface area contributed by atoms with Crippen molar-refractivity contribution in [3.05, 3.63) is 101 Å². The highest BCUT2D eigenvalue weighted by Crippen LogP contribution is 2.40. The van der Waals surface area contributed by atoms with Crippen LogP contribution in [0.4, 0.5) is 28.0 Å². The fourth-order valence-corrected chi connectivity index (χ4v) is 7.22. The Morgan fingerprint density at radius 2 is 1.72 bits per heavy atom. The van der Waals surface area contributed by atoms with Crippen LogP contribution in [0.2, 0.25) is 0 Å². The summed E-state index contributed by atoms with van der Waals surface area (Å²) >= 11 is 0. The van der Waals surface area contributed by atoms with Gasteiger partial charge in [-0.3, -0.25) is 19.4 Å². The zero-order valence-electron chi connectivity index (χ0n) is 34.7. The van der Waals surface area contributed by atoms with E-state index in [1.54, 1.807) is 26.2 Å². The van der Waals surface area contributed by atoms with Crippen molar-refractivity contribution in [2.24, 2.45) is 5.41 Å². The molecule has 3 N–H and O–H groups in total. The fourth-order valence-electron chi connectivity index (χ4n) is 7.22. The second kappa shape index (κ2) is 18.6. The highest BCUT2D eigenvalue weighted by molar-refractivity contribution is 5.98. The van der Waals surface area contributed by atoms with E-state index in [0.29, 0.717) is 61.0 Å². The van der Waals surface area contributed by atoms with E-state index < -0.39 is 52.8 Å². The zero-order chi connectivity index (χ0) is 44.0. The van der Waals surface area contributed by atoms with Crippen molar-refractivity contribution in [3.8, 4) is 28.5 Å². The van der Waals surface area contributed by atoms with Gasteiger partial charge in [-0.15, -0.1) is 0 Å². The first kappa shape index (κ1) is 45.2. The molecule has 4 aromatic rings. The van der Waals surface area contributed by atoms with Gasteiger partial charge in [-0.1, -0.05) is 45.0 Å². The first-order chi connectivity index (χ1) is 28.2. The van der Waals surface area contributed by atoms with Crippen LogP contribution in [0.25, 0.3) is 11.1 Å².